The molecule has 0 aliphatic heterocycles. The molecule has 33 heavy (non-hydrogen) atoms. The first-order chi connectivity index (χ1) is 15.9. The number of carbonyl (C=O) groups excluding carboxylic acids is 2. The van der Waals surface area contributed by atoms with E-state index in [-0.39, 0.29) is 12.5 Å². The molecule has 1 amide bonds. The minimum Gasteiger partial charge on any atom is -0.489 e. The summed E-state index contributed by atoms with van der Waals surface area (Å²) in [6.45, 7) is 8.07. The summed E-state index contributed by atoms with van der Waals surface area (Å²) in [5, 5.41) is 10.5. The number of ether oxygens (including phenoxy) is 1. The van der Waals surface area contributed by atoms with Crippen molar-refractivity contribution in [2.75, 3.05) is 6.61 Å². The molecular weight excluding hydrogens is 414 g/mol. The van der Waals surface area contributed by atoms with Gasteiger partial charge in [-0.2, -0.15) is 0 Å². The quantitative estimate of drug-likeness (QED) is 0.586. The summed E-state index contributed by atoms with van der Waals surface area (Å²) < 4.78 is 6.05. The fourth-order valence-corrected chi connectivity index (χ4v) is 3.62. The second kappa shape index (κ2) is 13.2. The maximum Gasteiger partial charge on any atom is 0.221 e. The van der Waals surface area contributed by atoms with Crippen molar-refractivity contribution in [1.82, 2.24) is 5.32 Å². The number of hydrogen-bond acceptors (Lipinski definition) is 4. The van der Waals surface area contributed by atoms with Crippen LogP contribution in [0.5, 0.6) is 0 Å². The summed E-state index contributed by atoms with van der Waals surface area (Å²) in [5.74, 6) is 0.685. The zero-order valence-corrected chi connectivity index (χ0v) is 19.9. The van der Waals surface area contributed by atoms with Crippen LogP contribution in [0, 0.1) is 0 Å². The maximum atomic E-state index is 11.8. The lowest BCUT2D eigenvalue weighted by Gasteiger charge is -2.18. The number of benzene rings is 1. The molecule has 0 fully saturated rings. The number of amides is 1. The SMILES string of the molecule is CC(=O)NC1=CC=C(C=O)CC=C1C1=C(C)CC=C(OCc2ccccc2)C=C1C.CCO. The second-order valence-electron chi connectivity index (χ2n) is 7.83. The molecule has 5 heteroatoms. The van der Waals surface area contributed by atoms with E-state index in [1.165, 1.54) is 12.5 Å². The molecule has 0 bridgehead atoms. The molecule has 0 atom stereocenters. The van der Waals surface area contributed by atoms with Crippen LogP contribution in [0.4, 0.5) is 0 Å². The topological polar surface area (TPSA) is 75.6 Å². The lowest BCUT2D eigenvalue weighted by atomic mass is 9.91. The third kappa shape index (κ3) is 7.88. The van der Waals surface area contributed by atoms with Gasteiger partial charge in [0.05, 0.1) is 0 Å². The summed E-state index contributed by atoms with van der Waals surface area (Å²) in [7, 11) is 0. The molecule has 1 aromatic carbocycles. The van der Waals surface area contributed by atoms with Gasteiger partial charge in [0.1, 0.15) is 18.7 Å². The Balaban J connectivity index is 0.00000122. The number of carbonyl (C=O) groups is 2. The van der Waals surface area contributed by atoms with Gasteiger partial charge in [-0.1, -0.05) is 48.1 Å². The molecule has 0 aromatic heterocycles. The van der Waals surface area contributed by atoms with Crippen LogP contribution in [0.3, 0.4) is 0 Å². The van der Waals surface area contributed by atoms with E-state index >= 15 is 0 Å². The first-order valence-electron chi connectivity index (χ1n) is 11.1. The Kier molecular flexibility index (Phi) is 10.3. The number of aliphatic hydroxyl groups excluding tert-OH is 1. The van der Waals surface area contributed by atoms with Gasteiger partial charge < -0.3 is 15.2 Å². The van der Waals surface area contributed by atoms with Crippen molar-refractivity contribution in [3.05, 3.63) is 106 Å². The van der Waals surface area contributed by atoms with Crippen molar-refractivity contribution < 1.29 is 19.4 Å². The van der Waals surface area contributed by atoms with Gasteiger partial charge >= 0.3 is 0 Å². The smallest absolute Gasteiger partial charge is 0.221 e. The Bertz CT molecular complexity index is 1040. The highest BCUT2D eigenvalue weighted by molar-refractivity contribution is 5.79. The normalized spacial score (nSPS) is 15.8. The van der Waals surface area contributed by atoms with Crippen molar-refractivity contribution in [1.29, 1.82) is 0 Å². The number of allylic oxidation sites excluding steroid dienone is 9. The first-order valence-corrected chi connectivity index (χ1v) is 11.1. The van der Waals surface area contributed by atoms with Crippen molar-refractivity contribution in [2.24, 2.45) is 0 Å². The molecule has 2 N–H and O–H groups in total. The summed E-state index contributed by atoms with van der Waals surface area (Å²) in [6.07, 6.45) is 11.8. The molecule has 174 valence electrons. The highest BCUT2D eigenvalue weighted by Gasteiger charge is 2.19. The molecule has 2 aliphatic carbocycles. The average molecular weight is 448 g/mol. The third-order valence-electron chi connectivity index (χ3n) is 5.07. The summed E-state index contributed by atoms with van der Waals surface area (Å²) in [4.78, 5) is 23.1. The van der Waals surface area contributed by atoms with Crippen molar-refractivity contribution >= 4 is 12.2 Å². The van der Waals surface area contributed by atoms with E-state index in [1.807, 2.05) is 48.6 Å². The second-order valence-corrected chi connectivity index (χ2v) is 7.83. The van der Waals surface area contributed by atoms with Crippen LogP contribution in [-0.2, 0) is 20.9 Å². The van der Waals surface area contributed by atoms with Gasteiger partial charge in [0.15, 0.2) is 0 Å². The monoisotopic (exact) mass is 447 g/mol. The number of hydrogen-bond donors (Lipinski definition) is 2. The minimum atomic E-state index is -0.145. The molecule has 0 saturated carbocycles. The zero-order valence-electron chi connectivity index (χ0n) is 19.9. The minimum absolute atomic E-state index is 0.145. The first kappa shape index (κ1) is 25.8. The van der Waals surface area contributed by atoms with E-state index in [4.69, 9.17) is 9.84 Å². The largest absolute Gasteiger partial charge is 0.489 e. The van der Waals surface area contributed by atoms with Crippen LogP contribution in [0.25, 0.3) is 0 Å². The van der Waals surface area contributed by atoms with E-state index in [0.29, 0.717) is 24.3 Å². The molecule has 0 heterocycles. The lowest BCUT2D eigenvalue weighted by molar-refractivity contribution is -0.118. The Morgan fingerprint density at radius 2 is 1.82 bits per heavy atom. The standard InChI is InChI=1S/C26H27NO3.C2H6O/c1-18-9-12-23(30-17-22-7-5-4-6-8-22)15-19(2)26(18)24-13-10-21(16-28)11-14-25(24)27-20(3)29;1-2-3/h4-8,11-16H,9-10,17H2,1-3H3,(H,27,29);3H,2H2,1H3. The molecule has 0 saturated heterocycles. The number of aldehydes is 1. The zero-order chi connectivity index (χ0) is 24.2. The number of aliphatic hydroxyl groups is 1. The van der Waals surface area contributed by atoms with Crippen LogP contribution >= 0.6 is 0 Å². The lowest BCUT2D eigenvalue weighted by Crippen LogP contribution is -2.21. The molecule has 1 aromatic rings. The summed E-state index contributed by atoms with van der Waals surface area (Å²) in [6, 6.07) is 10.1. The van der Waals surface area contributed by atoms with Gasteiger partial charge in [0.2, 0.25) is 5.91 Å². The van der Waals surface area contributed by atoms with Gasteiger partial charge in [0.25, 0.3) is 0 Å². The van der Waals surface area contributed by atoms with E-state index in [0.717, 1.165) is 40.7 Å². The van der Waals surface area contributed by atoms with Gasteiger partial charge in [0, 0.05) is 24.8 Å². The fourth-order valence-electron chi connectivity index (χ4n) is 3.62. The van der Waals surface area contributed by atoms with Gasteiger partial charge in [-0.3, -0.25) is 9.59 Å². The Morgan fingerprint density at radius 3 is 2.45 bits per heavy atom. The predicted molar refractivity (Wildman–Crippen MR) is 132 cm³/mol. The van der Waals surface area contributed by atoms with E-state index in [2.05, 4.69) is 25.2 Å². The van der Waals surface area contributed by atoms with Crippen molar-refractivity contribution in [3.8, 4) is 0 Å². The van der Waals surface area contributed by atoms with E-state index in [1.54, 1.807) is 13.0 Å². The average Bonchev–Trinajstić information content (AvgIpc) is 3.06. The van der Waals surface area contributed by atoms with E-state index in [9.17, 15) is 9.59 Å². The molecular formula is C28H33NO4. The highest BCUT2D eigenvalue weighted by atomic mass is 16.5. The van der Waals surface area contributed by atoms with Crippen molar-refractivity contribution in [3.63, 3.8) is 0 Å². The molecule has 5 nitrogen and oxygen atoms in total. The molecule has 0 spiro atoms. The van der Waals surface area contributed by atoms with Gasteiger partial charge in [-0.25, -0.2) is 0 Å². The van der Waals surface area contributed by atoms with Crippen molar-refractivity contribution in [2.45, 2.75) is 47.1 Å². The number of nitrogens with one attached hydrogen (secondary N) is 1. The molecule has 3 rings (SSSR count). The Morgan fingerprint density at radius 1 is 1.12 bits per heavy atom. The molecule has 2 aliphatic rings. The van der Waals surface area contributed by atoms with Crippen LogP contribution in [0.15, 0.2) is 100 Å². The third-order valence-corrected chi connectivity index (χ3v) is 5.07. The fraction of sp³-hybridized carbons (Fsp3) is 0.286. The predicted octanol–water partition coefficient (Wildman–Crippen LogP) is 5.23. The maximum absolute atomic E-state index is 11.8. The van der Waals surface area contributed by atoms with Crippen LogP contribution < -0.4 is 5.32 Å². The molecule has 0 radical (unpaired) electrons. The highest BCUT2D eigenvalue weighted by Crippen LogP contribution is 2.34. The van der Waals surface area contributed by atoms with Crippen LogP contribution in [0.2, 0.25) is 0 Å². The van der Waals surface area contributed by atoms with Gasteiger partial charge in [-0.05, 0) is 74.1 Å². The summed E-state index contributed by atoms with van der Waals surface area (Å²) in [5.41, 5.74) is 6.74. The van der Waals surface area contributed by atoms with Gasteiger partial charge in [-0.15, -0.1) is 0 Å². The Hall–Kier alpha value is -3.44. The van der Waals surface area contributed by atoms with Crippen LogP contribution in [0.1, 0.15) is 46.1 Å². The van der Waals surface area contributed by atoms with E-state index < -0.39 is 0 Å². The Labute approximate surface area is 196 Å². The number of rotatable bonds is 6. The molecule has 0 unspecified atom stereocenters. The summed E-state index contributed by atoms with van der Waals surface area (Å²) >= 11 is 0. The van der Waals surface area contributed by atoms with Crippen LogP contribution in [-0.4, -0.2) is 23.9 Å².